The van der Waals surface area contributed by atoms with E-state index >= 15 is 0 Å². The van der Waals surface area contributed by atoms with Crippen LogP contribution < -0.4 is 14.8 Å². The monoisotopic (exact) mass is 484 g/mol. The summed E-state index contributed by atoms with van der Waals surface area (Å²) >= 11 is 1.27. The molecule has 4 heterocycles. The lowest BCUT2D eigenvalue weighted by atomic mass is 10.2. The fraction of sp³-hybridized carbons (Fsp3) is 0.292. The number of ether oxygens (including phenoxy) is 3. The second-order valence-corrected chi connectivity index (χ2v) is 8.45. The van der Waals surface area contributed by atoms with Crippen molar-refractivity contribution in [2.45, 2.75) is 20.4 Å². The van der Waals surface area contributed by atoms with Crippen LogP contribution in [0.4, 0.5) is 10.1 Å². The lowest BCUT2D eigenvalue weighted by Crippen LogP contribution is -2.12. The van der Waals surface area contributed by atoms with E-state index in [1.54, 1.807) is 12.3 Å². The molecule has 0 fully saturated rings. The molecule has 178 valence electrons. The zero-order valence-corrected chi connectivity index (χ0v) is 20.2. The second kappa shape index (κ2) is 10.1. The molecule has 0 aliphatic heterocycles. The fourth-order valence-corrected chi connectivity index (χ4v) is 4.77. The summed E-state index contributed by atoms with van der Waals surface area (Å²) in [5, 5.41) is 4.01. The summed E-state index contributed by atoms with van der Waals surface area (Å²) in [5.74, 6) is 0.0526. The van der Waals surface area contributed by atoms with Gasteiger partial charge in [0.05, 0.1) is 48.5 Å². The second-order valence-electron chi connectivity index (χ2n) is 7.40. The molecule has 1 N–H and O–H groups in total. The van der Waals surface area contributed by atoms with E-state index in [-0.39, 0.29) is 5.82 Å². The van der Waals surface area contributed by atoms with Gasteiger partial charge in [0.25, 0.3) is 0 Å². The number of rotatable bonds is 9. The van der Waals surface area contributed by atoms with Crippen molar-refractivity contribution >= 4 is 33.9 Å². The number of nitrogens with one attached hydrogen (secondary N) is 1. The minimum atomic E-state index is -0.442. The summed E-state index contributed by atoms with van der Waals surface area (Å²) in [4.78, 5) is 21.7. The number of hydrogen-bond donors (Lipinski definition) is 1. The number of fused-ring (bicyclic) bond motifs is 1. The highest BCUT2D eigenvalue weighted by molar-refractivity contribution is 7.17. The Balaban J connectivity index is 1.53. The van der Waals surface area contributed by atoms with Crippen LogP contribution in [0.5, 0.6) is 11.6 Å². The summed E-state index contributed by atoms with van der Waals surface area (Å²) in [6.45, 7) is 5.31. The number of aromatic nitrogens is 3. The molecule has 0 amide bonds. The average molecular weight is 485 g/mol. The van der Waals surface area contributed by atoms with E-state index in [9.17, 15) is 9.18 Å². The number of hydrogen-bond acceptors (Lipinski definition) is 8. The minimum absolute atomic E-state index is 0.390. The predicted octanol–water partition coefficient (Wildman–Crippen LogP) is 4.91. The Morgan fingerprint density at radius 2 is 2.06 bits per heavy atom. The highest BCUT2D eigenvalue weighted by Crippen LogP contribution is 2.36. The molecule has 0 radical (unpaired) electrons. The molecule has 4 aromatic rings. The number of pyridine rings is 2. The summed E-state index contributed by atoms with van der Waals surface area (Å²) in [6, 6.07) is 7.43. The highest BCUT2D eigenvalue weighted by Gasteiger charge is 2.20. The molecule has 0 atom stereocenters. The third-order valence-corrected chi connectivity index (χ3v) is 6.41. The molecule has 0 aliphatic carbocycles. The molecule has 4 rings (SSSR count). The van der Waals surface area contributed by atoms with Crippen molar-refractivity contribution in [3.63, 3.8) is 0 Å². The lowest BCUT2D eigenvalue weighted by Gasteiger charge is -2.12. The van der Waals surface area contributed by atoms with E-state index in [1.165, 1.54) is 31.8 Å². The van der Waals surface area contributed by atoms with E-state index in [4.69, 9.17) is 14.2 Å². The molecule has 0 saturated carbocycles. The number of thiophene rings is 1. The number of carbonyl (C=O) groups excluding carboxylic acids is 1. The molecular weight excluding hydrogens is 459 g/mol. The minimum Gasteiger partial charge on any atom is -0.492 e. The van der Waals surface area contributed by atoms with Gasteiger partial charge in [-0.05, 0) is 32.0 Å². The van der Waals surface area contributed by atoms with Gasteiger partial charge in [-0.2, -0.15) is 0 Å². The van der Waals surface area contributed by atoms with Crippen molar-refractivity contribution in [2.75, 3.05) is 32.7 Å². The maximum absolute atomic E-state index is 14.5. The zero-order valence-electron chi connectivity index (χ0n) is 19.3. The van der Waals surface area contributed by atoms with Crippen LogP contribution in [0.2, 0.25) is 0 Å². The maximum Gasteiger partial charge on any atom is 0.351 e. The van der Waals surface area contributed by atoms with Crippen LogP contribution in [0.3, 0.4) is 0 Å². The molecule has 8 nitrogen and oxygen atoms in total. The molecule has 0 aliphatic rings. The van der Waals surface area contributed by atoms with Crippen LogP contribution in [0.25, 0.3) is 21.5 Å². The fourth-order valence-electron chi connectivity index (χ4n) is 3.78. The number of esters is 1. The first-order valence-corrected chi connectivity index (χ1v) is 11.5. The Kier molecular flexibility index (Phi) is 6.97. The molecule has 0 unspecified atom stereocenters. The van der Waals surface area contributed by atoms with Crippen LogP contribution in [-0.4, -0.2) is 47.9 Å². The quantitative estimate of drug-likeness (QED) is 0.338. The standard InChI is InChI=1S/C24H25FN4O4S/c1-5-33-19-12-20(34-22(19)24(30)32-4)18-11-15(6-7-27-18)26-8-9-29-14(2)10-16-21(29)17(25)13-28-23(16)31-3/h6-7,10-13H,5,8-9H2,1-4H3,(H,26,27). The van der Waals surface area contributed by atoms with E-state index in [2.05, 4.69) is 15.3 Å². The van der Waals surface area contributed by atoms with Crippen molar-refractivity contribution in [3.05, 3.63) is 53.0 Å². The summed E-state index contributed by atoms with van der Waals surface area (Å²) in [7, 11) is 2.86. The van der Waals surface area contributed by atoms with Crippen LogP contribution in [0.1, 0.15) is 22.3 Å². The molecule has 4 aromatic heterocycles. The van der Waals surface area contributed by atoms with E-state index in [0.29, 0.717) is 52.8 Å². The van der Waals surface area contributed by atoms with Gasteiger partial charge in [-0.15, -0.1) is 11.3 Å². The number of anilines is 1. The number of carbonyl (C=O) groups is 1. The SMILES string of the molecule is CCOc1cc(-c2cc(NCCn3c(C)cc4c(OC)ncc(F)c43)ccn2)sc1C(=O)OC. The maximum atomic E-state index is 14.5. The van der Waals surface area contributed by atoms with Crippen LogP contribution >= 0.6 is 11.3 Å². The Labute approximate surface area is 200 Å². The first kappa shape index (κ1) is 23.5. The summed E-state index contributed by atoms with van der Waals surface area (Å²) < 4.78 is 32.2. The Hall–Kier alpha value is -3.66. The Morgan fingerprint density at radius 3 is 2.79 bits per heavy atom. The van der Waals surface area contributed by atoms with E-state index in [1.807, 2.05) is 36.6 Å². The van der Waals surface area contributed by atoms with E-state index < -0.39 is 5.97 Å². The molecule has 0 aromatic carbocycles. The van der Waals surface area contributed by atoms with Gasteiger partial charge in [-0.1, -0.05) is 0 Å². The van der Waals surface area contributed by atoms with Crippen molar-refractivity contribution in [1.82, 2.24) is 14.5 Å². The van der Waals surface area contributed by atoms with E-state index in [0.717, 1.165) is 16.3 Å². The molecule has 10 heteroatoms. The average Bonchev–Trinajstić information content (AvgIpc) is 3.41. The van der Waals surface area contributed by atoms with Crippen LogP contribution in [0.15, 0.2) is 36.7 Å². The zero-order chi connectivity index (χ0) is 24.2. The first-order valence-electron chi connectivity index (χ1n) is 10.7. The highest BCUT2D eigenvalue weighted by atomic mass is 32.1. The van der Waals surface area contributed by atoms with Crippen molar-refractivity contribution in [3.8, 4) is 22.2 Å². The van der Waals surface area contributed by atoms with Crippen molar-refractivity contribution in [2.24, 2.45) is 0 Å². The number of halogens is 1. The van der Waals surface area contributed by atoms with Gasteiger partial charge in [0.1, 0.15) is 5.75 Å². The van der Waals surface area contributed by atoms with Crippen molar-refractivity contribution < 1.29 is 23.4 Å². The van der Waals surface area contributed by atoms with Crippen molar-refractivity contribution in [1.29, 1.82) is 0 Å². The van der Waals surface area contributed by atoms with Gasteiger partial charge in [0, 0.05) is 36.7 Å². The lowest BCUT2D eigenvalue weighted by molar-refractivity contribution is 0.0602. The molecule has 0 saturated heterocycles. The van der Waals surface area contributed by atoms with Gasteiger partial charge < -0.3 is 24.1 Å². The number of nitrogens with zero attached hydrogens (tertiary/aromatic N) is 3. The number of methoxy groups -OCH3 is 2. The summed E-state index contributed by atoms with van der Waals surface area (Å²) in [6.07, 6.45) is 2.88. The van der Waals surface area contributed by atoms with Gasteiger partial charge in [-0.25, -0.2) is 14.2 Å². The topological polar surface area (TPSA) is 87.5 Å². The predicted molar refractivity (Wildman–Crippen MR) is 130 cm³/mol. The normalized spacial score (nSPS) is 11.0. The summed E-state index contributed by atoms with van der Waals surface area (Å²) in [5.41, 5.74) is 2.94. The van der Waals surface area contributed by atoms with Crippen LogP contribution in [-0.2, 0) is 11.3 Å². The smallest absolute Gasteiger partial charge is 0.351 e. The molecular formula is C24H25FN4O4S. The first-order chi connectivity index (χ1) is 16.5. The number of aryl methyl sites for hydroxylation is 1. The van der Waals surface area contributed by atoms with Gasteiger partial charge in [-0.3, -0.25) is 4.98 Å². The van der Waals surface area contributed by atoms with Crippen LogP contribution in [0, 0.1) is 12.7 Å². The third-order valence-electron chi connectivity index (χ3n) is 5.29. The molecule has 34 heavy (non-hydrogen) atoms. The van der Waals surface area contributed by atoms with Gasteiger partial charge in [0.15, 0.2) is 10.7 Å². The largest absolute Gasteiger partial charge is 0.492 e. The Morgan fingerprint density at radius 1 is 1.24 bits per heavy atom. The molecule has 0 bridgehead atoms. The van der Waals surface area contributed by atoms with Gasteiger partial charge >= 0.3 is 5.97 Å². The third kappa shape index (κ3) is 4.54. The molecule has 0 spiro atoms. The van der Waals surface area contributed by atoms with Gasteiger partial charge in [0.2, 0.25) is 5.88 Å². The Bertz CT molecular complexity index is 1330.